The van der Waals surface area contributed by atoms with Crippen LogP contribution in [0.1, 0.15) is 17.4 Å². The summed E-state index contributed by atoms with van der Waals surface area (Å²) in [6.45, 7) is 0.518. The van der Waals surface area contributed by atoms with Crippen LogP contribution in [-0.4, -0.2) is 10.1 Å². The van der Waals surface area contributed by atoms with E-state index in [4.69, 9.17) is 11.5 Å². The minimum Gasteiger partial charge on any atom is -0.399 e. The third kappa shape index (κ3) is 3.19. The zero-order valence-electron chi connectivity index (χ0n) is 9.88. The summed E-state index contributed by atoms with van der Waals surface area (Å²) in [7, 11) is 0. The first kappa shape index (κ1) is 12.3. The Kier molecular flexibility index (Phi) is 3.76. The van der Waals surface area contributed by atoms with Crippen molar-refractivity contribution < 1.29 is 5.11 Å². The smallest absolute Gasteiger partial charge is 0.131 e. The van der Waals surface area contributed by atoms with E-state index in [2.05, 4.69) is 10.3 Å². The minimum atomic E-state index is -0.809. The number of aliphatic hydroxyl groups excluding tert-OH is 1. The summed E-state index contributed by atoms with van der Waals surface area (Å²) in [4.78, 5) is 4.00. The molecular weight excluding hydrogens is 228 g/mol. The van der Waals surface area contributed by atoms with Crippen LogP contribution < -0.4 is 16.8 Å². The summed E-state index contributed by atoms with van der Waals surface area (Å²) in [6, 6.07) is 8.81. The maximum Gasteiger partial charge on any atom is 0.131 e. The van der Waals surface area contributed by atoms with E-state index in [-0.39, 0.29) is 0 Å². The van der Waals surface area contributed by atoms with E-state index in [1.165, 1.54) is 0 Å². The van der Waals surface area contributed by atoms with Gasteiger partial charge < -0.3 is 16.6 Å². The Labute approximate surface area is 105 Å². The average Bonchev–Trinajstić information content (AvgIpc) is 2.36. The number of anilines is 2. The van der Waals surface area contributed by atoms with E-state index in [9.17, 15) is 5.11 Å². The highest BCUT2D eigenvalue weighted by atomic mass is 16.3. The molecule has 6 N–H and O–H groups in total. The number of aliphatic hydroxyl groups is 1. The van der Waals surface area contributed by atoms with Gasteiger partial charge in [-0.3, -0.25) is 10.3 Å². The number of hydrogen-bond donors (Lipinski definition) is 4. The van der Waals surface area contributed by atoms with Crippen molar-refractivity contribution in [3.63, 3.8) is 0 Å². The second-order valence-electron chi connectivity index (χ2n) is 4.08. The van der Waals surface area contributed by atoms with Gasteiger partial charge in [-0.25, -0.2) is 0 Å². The first-order valence-electron chi connectivity index (χ1n) is 5.61. The first-order chi connectivity index (χ1) is 8.65. The molecule has 1 aromatic heterocycles. The maximum absolute atomic E-state index is 9.99. The van der Waals surface area contributed by atoms with Crippen molar-refractivity contribution in [3.8, 4) is 0 Å². The van der Waals surface area contributed by atoms with Crippen LogP contribution in [-0.2, 0) is 6.54 Å². The lowest BCUT2D eigenvalue weighted by molar-refractivity contribution is 0.137. The zero-order chi connectivity index (χ0) is 13.0. The predicted molar refractivity (Wildman–Crippen MR) is 71.3 cm³/mol. The van der Waals surface area contributed by atoms with Gasteiger partial charge >= 0.3 is 0 Å². The molecule has 0 amide bonds. The number of nitrogens with one attached hydrogen (secondary N) is 1. The number of nitrogens with zero attached hydrogens (tertiary/aromatic N) is 1. The highest BCUT2D eigenvalue weighted by molar-refractivity contribution is 5.54. The largest absolute Gasteiger partial charge is 0.399 e. The molecule has 0 spiro atoms. The molecule has 0 saturated heterocycles. The number of aromatic nitrogens is 1. The van der Waals surface area contributed by atoms with Gasteiger partial charge in [0.25, 0.3) is 0 Å². The number of pyridine rings is 1. The Balaban J connectivity index is 2.01. The minimum absolute atomic E-state index is 0.518. The summed E-state index contributed by atoms with van der Waals surface area (Å²) in [5, 5.41) is 13.0. The fourth-order valence-corrected chi connectivity index (χ4v) is 1.70. The monoisotopic (exact) mass is 244 g/mol. The summed E-state index contributed by atoms with van der Waals surface area (Å²) in [5.41, 5.74) is 14.1. The van der Waals surface area contributed by atoms with E-state index < -0.39 is 6.23 Å². The Morgan fingerprint density at radius 3 is 2.56 bits per heavy atom. The van der Waals surface area contributed by atoms with Crippen molar-refractivity contribution in [1.29, 1.82) is 0 Å². The number of nitrogens with two attached hydrogens (primary N) is 2. The molecule has 0 bridgehead atoms. The van der Waals surface area contributed by atoms with Crippen molar-refractivity contribution in [2.45, 2.75) is 12.8 Å². The van der Waals surface area contributed by atoms with Crippen LogP contribution in [0.5, 0.6) is 0 Å². The van der Waals surface area contributed by atoms with Crippen LogP contribution in [0.4, 0.5) is 11.4 Å². The second kappa shape index (κ2) is 5.48. The summed E-state index contributed by atoms with van der Waals surface area (Å²) in [6.07, 6.45) is 2.64. The van der Waals surface area contributed by atoms with E-state index in [1.54, 1.807) is 30.6 Å². The topological polar surface area (TPSA) is 97.2 Å². The van der Waals surface area contributed by atoms with Crippen LogP contribution in [0.3, 0.4) is 0 Å². The highest BCUT2D eigenvalue weighted by Gasteiger charge is 2.08. The van der Waals surface area contributed by atoms with Gasteiger partial charge in [0.05, 0.1) is 0 Å². The average molecular weight is 244 g/mol. The predicted octanol–water partition coefficient (Wildman–Crippen LogP) is 1.03. The van der Waals surface area contributed by atoms with Crippen molar-refractivity contribution in [1.82, 2.24) is 10.3 Å². The molecule has 1 heterocycles. The molecule has 5 nitrogen and oxygen atoms in total. The molecule has 2 aromatic rings. The molecule has 0 saturated carbocycles. The maximum atomic E-state index is 9.99. The quantitative estimate of drug-likeness (QED) is 0.475. The van der Waals surface area contributed by atoms with Crippen molar-refractivity contribution in [2.24, 2.45) is 0 Å². The molecule has 0 aliphatic rings. The fraction of sp³-hybridized carbons (Fsp3) is 0.154. The molecule has 5 heteroatoms. The lowest BCUT2D eigenvalue weighted by atomic mass is 10.1. The van der Waals surface area contributed by atoms with Gasteiger partial charge in [0.2, 0.25) is 0 Å². The molecule has 0 fully saturated rings. The third-order valence-electron chi connectivity index (χ3n) is 2.54. The normalized spacial score (nSPS) is 12.3. The van der Waals surface area contributed by atoms with Crippen LogP contribution in [0, 0.1) is 0 Å². The molecular formula is C13H16N4O. The fourth-order valence-electron chi connectivity index (χ4n) is 1.70. The SMILES string of the molecule is Nc1cc(N)cc(C(O)NCc2cccnc2)c1. The summed E-state index contributed by atoms with van der Waals surface area (Å²) in [5.74, 6) is 0. The van der Waals surface area contributed by atoms with Crippen LogP contribution in [0.2, 0.25) is 0 Å². The van der Waals surface area contributed by atoms with E-state index in [0.717, 1.165) is 5.56 Å². The Hall–Kier alpha value is -2.11. The van der Waals surface area contributed by atoms with Crippen LogP contribution in [0.15, 0.2) is 42.7 Å². The molecule has 1 unspecified atom stereocenters. The lowest BCUT2D eigenvalue weighted by Gasteiger charge is -2.14. The first-order valence-corrected chi connectivity index (χ1v) is 5.61. The second-order valence-corrected chi connectivity index (χ2v) is 4.08. The molecule has 0 aliphatic carbocycles. The van der Waals surface area contributed by atoms with Crippen LogP contribution >= 0.6 is 0 Å². The molecule has 1 aromatic carbocycles. The van der Waals surface area contributed by atoms with Crippen molar-refractivity contribution in [2.75, 3.05) is 11.5 Å². The molecule has 94 valence electrons. The Morgan fingerprint density at radius 1 is 1.22 bits per heavy atom. The van der Waals surface area contributed by atoms with Crippen LogP contribution in [0.25, 0.3) is 0 Å². The standard InChI is InChI=1S/C13H16N4O/c14-11-4-10(5-12(15)6-11)13(18)17-8-9-2-1-3-16-7-9/h1-7,13,17-18H,8,14-15H2. The van der Waals surface area contributed by atoms with E-state index in [1.807, 2.05) is 12.1 Å². The van der Waals surface area contributed by atoms with Gasteiger partial charge in [0.15, 0.2) is 0 Å². The Bertz CT molecular complexity index is 495. The van der Waals surface area contributed by atoms with Gasteiger partial charge in [0.1, 0.15) is 6.23 Å². The van der Waals surface area contributed by atoms with E-state index >= 15 is 0 Å². The van der Waals surface area contributed by atoms with Gasteiger partial charge in [-0.2, -0.15) is 0 Å². The van der Waals surface area contributed by atoms with Gasteiger partial charge in [-0.15, -0.1) is 0 Å². The Morgan fingerprint density at radius 2 is 1.94 bits per heavy atom. The number of benzene rings is 1. The molecule has 0 aliphatic heterocycles. The summed E-state index contributed by atoms with van der Waals surface area (Å²) >= 11 is 0. The highest BCUT2D eigenvalue weighted by Crippen LogP contribution is 2.18. The number of nitrogen functional groups attached to an aromatic ring is 2. The van der Waals surface area contributed by atoms with E-state index in [0.29, 0.717) is 23.5 Å². The molecule has 2 rings (SSSR count). The molecule has 1 atom stereocenters. The van der Waals surface area contributed by atoms with Gasteiger partial charge in [-0.05, 0) is 35.4 Å². The molecule has 0 radical (unpaired) electrons. The number of rotatable bonds is 4. The summed E-state index contributed by atoms with van der Waals surface area (Å²) < 4.78 is 0. The molecule has 18 heavy (non-hydrogen) atoms. The van der Waals surface area contributed by atoms with Gasteiger partial charge in [0, 0.05) is 30.3 Å². The lowest BCUT2D eigenvalue weighted by Crippen LogP contribution is -2.20. The zero-order valence-corrected chi connectivity index (χ0v) is 9.88. The third-order valence-corrected chi connectivity index (χ3v) is 2.54. The number of hydrogen-bond acceptors (Lipinski definition) is 5. The van der Waals surface area contributed by atoms with Gasteiger partial charge in [-0.1, -0.05) is 6.07 Å². The van der Waals surface area contributed by atoms with Crippen molar-refractivity contribution >= 4 is 11.4 Å². The van der Waals surface area contributed by atoms with Crippen molar-refractivity contribution in [3.05, 3.63) is 53.9 Å².